The molecule has 0 aliphatic heterocycles. The Balaban J connectivity index is 1.16. The third kappa shape index (κ3) is 4.00. The maximum Gasteiger partial charge on any atom is 0.334 e. The van der Waals surface area contributed by atoms with Crippen LogP contribution in [0.25, 0.3) is 16.4 Å². The number of fused-ring (bicyclic) bond motifs is 2. The summed E-state index contributed by atoms with van der Waals surface area (Å²) in [5.74, 6) is 1.61. The number of hydrogen-bond acceptors (Lipinski definition) is 8. The zero-order valence-electron chi connectivity index (χ0n) is 20.1. The zero-order valence-corrected chi connectivity index (χ0v) is 20.1. The molecule has 10 heteroatoms. The third-order valence-corrected chi connectivity index (χ3v) is 6.71. The largest absolute Gasteiger partial charge is 0.471 e. The second-order valence-electron chi connectivity index (χ2n) is 9.17. The number of aryl methyl sites for hydroxylation is 2. The fourth-order valence-electron chi connectivity index (χ4n) is 4.60. The van der Waals surface area contributed by atoms with Crippen molar-refractivity contribution in [2.24, 2.45) is 0 Å². The smallest absolute Gasteiger partial charge is 0.334 e. The first-order chi connectivity index (χ1) is 17.5. The van der Waals surface area contributed by atoms with Crippen LogP contribution in [0, 0.1) is 13.8 Å². The maximum atomic E-state index is 12.7. The highest BCUT2D eigenvalue weighted by atomic mass is 16.5. The molecule has 1 aromatic carbocycles. The van der Waals surface area contributed by atoms with Crippen molar-refractivity contribution in [3.63, 3.8) is 0 Å². The zero-order chi connectivity index (χ0) is 24.8. The van der Waals surface area contributed by atoms with Gasteiger partial charge >= 0.3 is 5.69 Å². The predicted octanol–water partition coefficient (Wildman–Crippen LogP) is 3.56. The maximum absolute atomic E-state index is 12.7. The Kier molecular flexibility index (Phi) is 5.28. The van der Waals surface area contributed by atoms with Crippen LogP contribution in [-0.4, -0.2) is 28.9 Å². The molecule has 4 aromatic heterocycles. The van der Waals surface area contributed by atoms with Gasteiger partial charge in [-0.05, 0) is 67.0 Å². The molecule has 5 aromatic rings. The summed E-state index contributed by atoms with van der Waals surface area (Å²) in [7, 11) is 0. The number of rotatable bonds is 7. The normalized spacial score (nSPS) is 13.4. The molecule has 6 rings (SSSR count). The fourth-order valence-corrected chi connectivity index (χ4v) is 4.60. The molecule has 4 heterocycles. The Morgan fingerprint density at radius 2 is 2.00 bits per heavy atom. The van der Waals surface area contributed by atoms with E-state index in [2.05, 4.69) is 45.2 Å². The van der Waals surface area contributed by atoms with Crippen LogP contribution in [0.4, 0.5) is 11.6 Å². The van der Waals surface area contributed by atoms with Gasteiger partial charge in [0.2, 0.25) is 5.88 Å². The molecule has 1 saturated carbocycles. The van der Waals surface area contributed by atoms with E-state index in [9.17, 15) is 4.79 Å². The van der Waals surface area contributed by atoms with Crippen LogP contribution in [0.15, 0.2) is 54.0 Å². The number of anilines is 2. The molecule has 1 aliphatic rings. The summed E-state index contributed by atoms with van der Waals surface area (Å²) in [4.78, 5) is 29.9. The van der Waals surface area contributed by atoms with Crippen molar-refractivity contribution in [1.29, 1.82) is 0 Å². The number of pyridine rings is 1. The van der Waals surface area contributed by atoms with E-state index >= 15 is 0 Å². The highest BCUT2D eigenvalue weighted by molar-refractivity contribution is 5.94. The molecule has 0 unspecified atom stereocenters. The molecule has 182 valence electrons. The average Bonchev–Trinajstić information content (AvgIpc) is 3.62. The molecular formula is C26H26N8O2. The topological polar surface area (TPSA) is 125 Å². The van der Waals surface area contributed by atoms with Crippen LogP contribution >= 0.6 is 0 Å². The van der Waals surface area contributed by atoms with Gasteiger partial charge in [-0.2, -0.15) is 0 Å². The summed E-state index contributed by atoms with van der Waals surface area (Å²) in [6, 6.07) is 7.99. The summed E-state index contributed by atoms with van der Waals surface area (Å²) < 4.78 is 9.21. The average molecular weight is 483 g/mol. The van der Waals surface area contributed by atoms with Crippen molar-refractivity contribution >= 4 is 28.1 Å². The Hall–Kier alpha value is -4.47. The molecule has 1 fully saturated rings. The Morgan fingerprint density at radius 3 is 2.83 bits per heavy atom. The van der Waals surface area contributed by atoms with Crippen molar-refractivity contribution in [2.75, 3.05) is 11.1 Å². The number of imidazole rings is 1. The van der Waals surface area contributed by atoms with Gasteiger partial charge in [-0.15, -0.1) is 0 Å². The number of aromatic nitrogens is 6. The summed E-state index contributed by atoms with van der Waals surface area (Å²) in [5.41, 5.74) is 10.7. The second-order valence-corrected chi connectivity index (χ2v) is 9.17. The lowest BCUT2D eigenvalue weighted by molar-refractivity contribution is 0.289. The first-order valence-electron chi connectivity index (χ1n) is 11.9. The minimum absolute atomic E-state index is 0.0690. The minimum Gasteiger partial charge on any atom is -0.471 e. The molecule has 0 spiro atoms. The SMILES string of the molecule is Cc1cc2c(N)nccc2c(C)c1CNc1cc(OCc2cn3c(=O)n(C4CC4)ccc3n2)ncn1. The van der Waals surface area contributed by atoms with Gasteiger partial charge < -0.3 is 15.8 Å². The first-order valence-corrected chi connectivity index (χ1v) is 11.9. The van der Waals surface area contributed by atoms with Crippen molar-refractivity contribution < 1.29 is 4.74 Å². The number of nitrogen functional groups attached to an aromatic ring is 1. The van der Waals surface area contributed by atoms with Gasteiger partial charge in [0.05, 0.1) is 5.69 Å². The lowest BCUT2D eigenvalue weighted by Gasteiger charge is -2.15. The van der Waals surface area contributed by atoms with Gasteiger partial charge in [-0.3, -0.25) is 8.97 Å². The van der Waals surface area contributed by atoms with E-state index in [1.165, 1.54) is 11.9 Å². The van der Waals surface area contributed by atoms with E-state index in [0.717, 1.165) is 34.7 Å². The molecular weight excluding hydrogens is 456 g/mol. The Labute approximate surface area is 206 Å². The van der Waals surface area contributed by atoms with E-state index in [1.54, 1.807) is 27.4 Å². The van der Waals surface area contributed by atoms with Crippen molar-refractivity contribution in [1.82, 2.24) is 28.9 Å². The first kappa shape index (κ1) is 22.0. The van der Waals surface area contributed by atoms with E-state index in [1.807, 2.05) is 18.3 Å². The number of ether oxygens (including phenoxy) is 1. The standard InChI is InChI=1S/C26H26N8O2/c1-15-9-20-19(5-7-28-25(20)27)16(2)21(15)11-29-22-10-24(31-14-30-22)36-13-17-12-34-23(32-17)6-8-33(26(34)35)18-3-4-18/h5-10,12,14,18H,3-4,11,13H2,1-2H3,(H2,27,28)(H,29,30,31). The van der Waals surface area contributed by atoms with Gasteiger partial charge in [0.1, 0.15) is 30.2 Å². The number of nitrogens with zero attached hydrogens (tertiary/aromatic N) is 6. The molecule has 0 bridgehead atoms. The fraction of sp³-hybridized carbons (Fsp3) is 0.269. The van der Waals surface area contributed by atoms with Gasteiger partial charge in [0.25, 0.3) is 0 Å². The highest BCUT2D eigenvalue weighted by Crippen LogP contribution is 2.33. The van der Waals surface area contributed by atoms with Crippen LogP contribution < -0.4 is 21.5 Å². The van der Waals surface area contributed by atoms with Crippen LogP contribution in [0.1, 0.15) is 41.3 Å². The predicted molar refractivity (Wildman–Crippen MR) is 137 cm³/mol. The molecule has 0 saturated heterocycles. The number of nitrogens with two attached hydrogens (primary N) is 1. The van der Waals surface area contributed by atoms with Crippen LogP contribution in [0.5, 0.6) is 5.88 Å². The summed E-state index contributed by atoms with van der Waals surface area (Å²) >= 11 is 0. The molecule has 0 atom stereocenters. The minimum atomic E-state index is -0.0690. The van der Waals surface area contributed by atoms with Gasteiger partial charge in [0.15, 0.2) is 0 Å². The number of benzene rings is 1. The summed E-state index contributed by atoms with van der Waals surface area (Å²) in [5, 5.41) is 5.43. The molecule has 1 aliphatic carbocycles. The molecule has 0 amide bonds. The molecule has 36 heavy (non-hydrogen) atoms. The van der Waals surface area contributed by atoms with Crippen molar-refractivity contribution in [2.45, 2.75) is 45.9 Å². The molecule has 10 nitrogen and oxygen atoms in total. The Morgan fingerprint density at radius 1 is 1.14 bits per heavy atom. The molecule has 0 radical (unpaired) electrons. The van der Waals surface area contributed by atoms with E-state index in [-0.39, 0.29) is 12.3 Å². The second kappa shape index (κ2) is 8.63. The van der Waals surface area contributed by atoms with Crippen LogP contribution in [0.2, 0.25) is 0 Å². The van der Waals surface area contributed by atoms with Crippen molar-refractivity contribution in [3.05, 3.63) is 82.1 Å². The van der Waals surface area contributed by atoms with Gasteiger partial charge in [-0.1, -0.05) is 0 Å². The summed E-state index contributed by atoms with van der Waals surface area (Å²) in [6.45, 7) is 4.94. The number of hydrogen-bond donors (Lipinski definition) is 2. The van der Waals surface area contributed by atoms with Gasteiger partial charge in [-0.25, -0.2) is 24.7 Å². The third-order valence-electron chi connectivity index (χ3n) is 6.71. The highest BCUT2D eigenvalue weighted by Gasteiger charge is 2.25. The Bertz CT molecular complexity index is 1670. The molecule has 3 N–H and O–H groups in total. The van der Waals surface area contributed by atoms with Crippen LogP contribution in [0.3, 0.4) is 0 Å². The quantitative estimate of drug-likeness (QED) is 0.361. The number of nitrogens with one attached hydrogen (secondary N) is 1. The van der Waals surface area contributed by atoms with Crippen molar-refractivity contribution in [3.8, 4) is 5.88 Å². The van der Waals surface area contributed by atoms with E-state index in [0.29, 0.717) is 41.4 Å². The van der Waals surface area contributed by atoms with E-state index < -0.39 is 0 Å². The summed E-state index contributed by atoms with van der Waals surface area (Å²) in [6.07, 6.45) is 8.84. The van der Waals surface area contributed by atoms with E-state index in [4.69, 9.17) is 10.5 Å². The lowest BCUT2D eigenvalue weighted by atomic mass is 9.96. The van der Waals surface area contributed by atoms with Crippen LogP contribution in [-0.2, 0) is 13.2 Å². The monoisotopic (exact) mass is 482 g/mol. The van der Waals surface area contributed by atoms with Gasteiger partial charge in [0, 0.05) is 42.6 Å². The lowest BCUT2D eigenvalue weighted by Crippen LogP contribution is -2.24.